The maximum absolute atomic E-state index is 12.0. The van der Waals surface area contributed by atoms with Gasteiger partial charge in [0.05, 0.1) is 29.1 Å². The number of carboxylic acid groups (broad SMARTS) is 1. The number of amides is 1. The third-order valence-electron chi connectivity index (χ3n) is 8.93. The van der Waals surface area contributed by atoms with Crippen molar-refractivity contribution in [3.8, 4) is 17.0 Å². The Morgan fingerprint density at radius 3 is 2.41 bits per heavy atom. The highest BCUT2D eigenvalue weighted by atomic mass is 35.5. The summed E-state index contributed by atoms with van der Waals surface area (Å²) in [5, 5.41) is 9.67. The van der Waals surface area contributed by atoms with Crippen LogP contribution in [-0.4, -0.2) is 54.9 Å². The smallest absolute Gasteiger partial charge is 0.345 e. The molecule has 3 heterocycles. The van der Waals surface area contributed by atoms with Gasteiger partial charge in [-0.1, -0.05) is 19.3 Å². The van der Waals surface area contributed by atoms with Crippen LogP contribution in [0.1, 0.15) is 65.7 Å². The molecule has 2 aliphatic rings. The van der Waals surface area contributed by atoms with E-state index in [9.17, 15) is 14.7 Å². The molecule has 8 nitrogen and oxygen atoms in total. The average Bonchev–Trinajstić information content (AvgIpc) is 3.59. The van der Waals surface area contributed by atoms with Crippen molar-refractivity contribution in [3.05, 3.63) is 64.5 Å². The predicted octanol–water partition coefficient (Wildman–Crippen LogP) is 7.47. The van der Waals surface area contributed by atoms with Crippen LogP contribution in [0.25, 0.3) is 21.5 Å². The lowest BCUT2D eigenvalue weighted by atomic mass is 9.83. The van der Waals surface area contributed by atoms with Crippen LogP contribution < -0.4 is 14.5 Å². The van der Waals surface area contributed by atoms with Gasteiger partial charge in [0.25, 0.3) is 0 Å². The summed E-state index contributed by atoms with van der Waals surface area (Å²) in [6.45, 7) is 4.94. The molecule has 1 aliphatic carbocycles. The molecule has 2 aromatic heterocycles. The summed E-state index contributed by atoms with van der Waals surface area (Å²) in [5.74, 6) is 0.316. The number of carbonyl (C=O) groups is 2. The first-order chi connectivity index (χ1) is 20.8. The standard InChI is InChI=1S/C34H39N3O5S.ClH/c1-22(38)35(2)26-11-14-28(37-15-17-41-18-16-37)25(19-26)21-42-27-12-9-24(10-13-27)32-31(23-7-5-4-6-8-23)33-29(36(32)3)20-30(43-33)34(39)40;/h9-14,19-20,23H,4-8,15-18,21H2,1-3H3,(H,39,40);1H. The number of carbonyl (C=O) groups excluding carboxylic acids is 1. The van der Waals surface area contributed by atoms with E-state index in [0.717, 1.165) is 64.4 Å². The molecule has 6 rings (SSSR count). The molecular formula is C34H40ClN3O5S. The Bertz CT molecular complexity index is 1630. The second kappa shape index (κ2) is 13.6. The maximum atomic E-state index is 12.0. The number of benzene rings is 2. The molecule has 0 bridgehead atoms. The Balaban J connectivity index is 0.00000384. The second-order valence-corrected chi connectivity index (χ2v) is 12.6. The monoisotopic (exact) mass is 637 g/mol. The van der Waals surface area contributed by atoms with Crippen molar-refractivity contribution in [3.63, 3.8) is 0 Å². The van der Waals surface area contributed by atoms with E-state index in [1.165, 1.54) is 41.9 Å². The number of carboxylic acids is 1. The summed E-state index contributed by atoms with van der Waals surface area (Å²) in [4.78, 5) is 28.2. The first kappa shape index (κ1) is 31.9. The number of rotatable bonds is 8. The fourth-order valence-corrected chi connectivity index (χ4v) is 7.67. The zero-order valence-corrected chi connectivity index (χ0v) is 27.1. The molecule has 44 heavy (non-hydrogen) atoms. The Labute approximate surface area is 268 Å². The van der Waals surface area contributed by atoms with E-state index in [4.69, 9.17) is 9.47 Å². The summed E-state index contributed by atoms with van der Waals surface area (Å²) < 4.78 is 15.2. The van der Waals surface area contributed by atoms with E-state index in [1.54, 1.807) is 18.9 Å². The summed E-state index contributed by atoms with van der Waals surface area (Å²) >= 11 is 1.40. The van der Waals surface area contributed by atoms with Gasteiger partial charge in [0, 0.05) is 51.0 Å². The van der Waals surface area contributed by atoms with Crippen LogP contribution in [0, 0.1) is 0 Å². The van der Waals surface area contributed by atoms with Crippen LogP contribution in [0.3, 0.4) is 0 Å². The number of anilines is 2. The van der Waals surface area contributed by atoms with Crippen molar-refractivity contribution < 1.29 is 24.2 Å². The van der Waals surface area contributed by atoms with E-state index >= 15 is 0 Å². The van der Waals surface area contributed by atoms with Crippen molar-refractivity contribution in [2.45, 2.75) is 51.6 Å². The van der Waals surface area contributed by atoms with Crippen LogP contribution in [-0.2, 0) is 23.2 Å². The van der Waals surface area contributed by atoms with Gasteiger partial charge in [0.15, 0.2) is 0 Å². The number of morpholine rings is 1. The molecule has 1 N–H and O–H groups in total. The topological polar surface area (TPSA) is 84.2 Å². The number of halogens is 1. The molecule has 2 fully saturated rings. The summed E-state index contributed by atoms with van der Waals surface area (Å²) in [6, 6.07) is 16.2. The largest absolute Gasteiger partial charge is 0.489 e. The van der Waals surface area contributed by atoms with Gasteiger partial charge in [-0.05, 0) is 78.4 Å². The SMILES string of the molecule is CC(=O)N(C)c1ccc(N2CCOCC2)c(COc2ccc(-c3c(C4CCCCC4)c4sc(C(=O)O)cc4n3C)cc2)c1.Cl. The van der Waals surface area contributed by atoms with E-state index in [-0.39, 0.29) is 18.3 Å². The van der Waals surface area contributed by atoms with Gasteiger partial charge in [-0.3, -0.25) is 4.79 Å². The molecule has 0 unspecified atom stereocenters. The summed E-state index contributed by atoms with van der Waals surface area (Å²) in [7, 11) is 3.83. The number of hydrogen-bond donors (Lipinski definition) is 1. The predicted molar refractivity (Wildman–Crippen MR) is 179 cm³/mol. The van der Waals surface area contributed by atoms with Gasteiger partial charge < -0.3 is 28.9 Å². The molecule has 10 heteroatoms. The zero-order valence-electron chi connectivity index (χ0n) is 25.5. The van der Waals surface area contributed by atoms with Crippen LogP contribution in [0.15, 0.2) is 48.5 Å². The number of aromatic carboxylic acids is 1. The quantitative estimate of drug-likeness (QED) is 0.216. The van der Waals surface area contributed by atoms with Crippen LogP contribution >= 0.6 is 23.7 Å². The highest BCUT2D eigenvalue weighted by Crippen LogP contribution is 2.46. The number of aryl methyl sites for hydroxylation is 1. The summed E-state index contributed by atoms with van der Waals surface area (Å²) in [6.07, 6.45) is 5.95. The van der Waals surface area contributed by atoms with Gasteiger partial charge in [0.2, 0.25) is 5.91 Å². The fraction of sp³-hybridized carbons (Fsp3) is 0.412. The Kier molecular flexibility index (Phi) is 9.87. The Hall–Kier alpha value is -3.53. The molecule has 1 aliphatic heterocycles. The molecule has 234 valence electrons. The molecule has 4 aromatic rings. The third kappa shape index (κ3) is 6.32. The lowest BCUT2D eigenvalue weighted by Gasteiger charge is -2.31. The van der Waals surface area contributed by atoms with Crippen LogP contribution in [0.4, 0.5) is 11.4 Å². The molecule has 1 amide bonds. The van der Waals surface area contributed by atoms with Crippen molar-refractivity contribution in [1.82, 2.24) is 4.57 Å². The molecule has 1 saturated heterocycles. The molecular weight excluding hydrogens is 598 g/mol. The average molecular weight is 638 g/mol. The molecule has 1 saturated carbocycles. The molecule has 0 radical (unpaired) electrons. The number of fused-ring (bicyclic) bond motifs is 1. The van der Waals surface area contributed by atoms with E-state index < -0.39 is 5.97 Å². The van der Waals surface area contributed by atoms with Crippen molar-refractivity contribution in [2.75, 3.05) is 43.2 Å². The van der Waals surface area contributed by atoms with Crippen LogP contribution in [0.2, 0.25) is 0 Å². The molecule has 0 atom stereocenters. The summed E-state index contributed by atoms with van der Waals surface area (Å²) in [5.41, 5.74) is 7.52. The van der Waals surface area contributed by atoms with Gasteiger partial charge in [-0.2, -0.15) is 0 Å². The minimum absolute atomic E-state index is 0. The van der Waals surface area contributed by atoms with Crippen molar-refractivity contribution in [2.24, 2.45) is 7.05 Å². The van der Waals surface area contributed by atoms with Gasteiger partial charge in [0.1, 0.15) is 17.2 Å². The number of thiophene rings is 1. The van der Waals surface area contributed by atoms with Gasteiger partial charge >= 0.3 is 5.97 Å². The minimum Gasteiger partial charge on any atom is -0.489 e. The van der Waals surface area contributed by atoms with Gasteiger partial charge in [-0.25, -0.2) is 4.79 Å². The number of aromatic nitrogens is 1. The minimum atomic E-state index is -0.867. The van der Waals surface area contributed by atoms with E-state index in [1.807, 2.05) is 37.4 Å². The highest BCUT2D eigenvalue weighted by Gasteiger charge is 2.28. The Morgan fingerprint density at radius 1 is 1.05 bits per heavy atom. The zero-order chi connectivity index (χ0) is 30.1. The van der Waals surface area contributed by atoms with Gasteiger partial charge in [-0.15, -0.1) is 23.7 Å². The second-order valence-electron chi connectivity index (χ2n) is 11.6. The van der Waals surface area contributed by atoms with Crippen molar-refractivity contribution >= 4 is 57.2 Å². The molecule has 0 spiro atoms. The number of nitrogens with zero attached hydrogens (tertiary/aromatic N) is 3. The lowest BCUT2D eigenvalue weighted by Crippen LogP contribution is -2.37. The molecule has 2 aromatic carbocycles. The Morgan fingerprint density at radius 2 is 1.75 bits per heavy atom. The lowest BCUT2D eigenvalue weighted by molar-refractivity contribution is -0.116. The van der Waals surface area contributed by atoms with E-state index in [0.29, 0.717) is 30.6 Å². The fourth-order valence-electron chi connectivity index (χ4n) is 6.52. The van der Waals surface area contributed by atoms with E-state index in [2.05, 4.69) is 27.7 Å². The van der Waals surface area contributed by atoms with Crippen molar-refractivity contribution in [1.29, 1.82) is 0 Å². The number of ether oxygens (including phenoxy) is 2. The first-order valence-corrected chi connectivity index (χ1v) is 15.9. The number of hydrogen-bond acceptors (Lipinski definition) is 6. The highest BCUT2D eigenvalue weighted by molar-refractivity contribution is 7.21. The third-order valence-corrected chi connectivity index (χ3v) is 10.1. The first-order valence-electron chi connectivity index (χ1n) is 15.1. The van der Waals surface area contributed by atoms with Crippen LogP contribution in [0.5, 0.6) is 5.75 Å². The maximum Gasteiger partial charge on any atom is 0.345 e. The normalized spacial score (nSPS) is 15.7.